The molecular weight excluding hydrogens is 360 g/mol. The third kappa shape index (κ3) is 3.56. The number of ether oxygens (including phenoxy) is 2. The van der Waals surface area contributed by atoms with Gasteiger partial charge in [0.2, 0.25) is 5.88 Å². The summed E-state index contributed by atoms with van der Waals surface area (Å²) in [4.78, 5) is 12.1. The van der Waals surface area contributed by atoms with Crippen molar-refractivity contribution in [2.45, 2.75) is 31.6 Å². The average molecular weight is 378 g/mol. The SMILES string of the molecule is CCOC(=O)C1=C(C)OC(N)=C(C#N)C1c1ccc(C)c(S(=O)(=O)O)c1. The van der Waals surface area contributed by atoms with Crippen molar-refractivity contribution in [3.63, 3.8) is 0 Å². The molecule has 0 saturated heterocycles. The molecule has 0 amide bonds. The van der Waals surface area contributed by atoms with Crippen LogP contribution in [0.15, 0.2) is 45.9 Å². The molecule has 0 spiro atoms. The van der Waals surface area contributed by atoms with E-state index in [1.807, 2.05) is 6.07 Å². The number of nitrogens with two attached hydrogens (primary N) is 1. The predicted octanol–water partition coefficient (Wildman–Crippen LogP) is 1.89. The molecule has 0 saturated carbocycles. The first-order valence-corrected chi connectivity index (χ1v) is 9.09. The second-order valence-electron chi connectivity index (χ2n) is 5.62. The molecule has 1 unspecified atom stereocenters. The van der Waals surface area contributed by atoms with Crippen molar-refractivity contribution < 1.29 is 27.2 Å². The van der Waals surface area contributed by atoms with Crippen LogP contribution < -0.4 is 5.73 Å². The van der Waals surface area contributed by atoms with Crippen molar-refractivity contribution in [1.82, 2.24) is 0 Å². The molecule has 1 aromatic carbocycles. The maximum absolute atomic E-state index is 12.4. The van der Waals surface area contributed by atoms with Crippen LogP contribution in [-0.4, -0.2) is 25.5 Å². The molecule has 138 valence electrons. The van der Waals surface area contributed by atoms with Crippen molar-refractivity contribution >= 4 is 16.1 Å². The van der Waals surface area contributed by atoms with E-state index >= 15 is 0 Å². The van der Waals surface area contributed by atoms with Gasteiger partial charge in [0.05, 0.1) is 23.0 Å². The average Bonchev–Trinajstić information content (AvgIpc) is 2.53. The maximum atomic E-state index is 12.4. The molecule has 0 radical (unpaired) electrons. The molecule has 0 aromatic heterocycles. The first kappa shape index (κ1) is 19.5. The van der Waals surface area contributed by atoms with Gasteiger partial charge in [-0.15, -0.1) is 0 Å². The molecular formula is C17H18N2O6S. The van der Waals surface area contributed by atoms with Gasteiger partial charge in [0, 0.05) is 0 Å². The van der Waals surface area contributed by atoms with E-state index in [0.717, 1.165) is 0 Å². The Hall–Kier alpha value is -2.83. The number of carbonyl (C=O) groups excluding carboxylic acids is 1. The summed E-state index contributed by atoms with van der Waals surface area (Å²) in [5.41, 5.74) is 6.37. The Labute approximate surface area is 151 Å². The summed E-state index contributed by atoms with van der Waals surface area (Å²) < 4.78 is 43.0. The third-order valence-corrected chi connectivity index (χ3v) is 4.92. The smallest absolute Gasteiger partial charge is 0.338 e. The number of esters is 1. The maximum Gasteiger partial charge on any atom is 0.338 e. The Morgan fingerprint density at radius 3 is 2.62 bits per heavy atom. The summed E-state index contributed by atoms with van der Waals surface area (Å²) in [6.07, 6.45) is 0. The van der Waals surface area contributed by atoms with Crippen molar-refractivity contribution in [2.24, 2.45) is 5.73 Å². The largest absolute Gasteiger partial charge is 0.463 e. The van der Waals surface area contributed by atoms with Crippen molar-refractivity contribution in [1.29, 1.82) is 5.26 Å². The molecule has 3 N–H and O–H groups in total. The first-order valence-electron chi connectivity index (χ1n) is 7.65. The van der Waals surface area contributed by atoms with Gasteiger partial charge >= 0.3 is 5.97 Å². The van der Waals surface area contributed by atoms with Crippen LogP contribution in [0.1, 0.15) is 30.9 Å². The monoisotopic (exact) mass is 378 g/mol. The molecule has 0 bridgehead atoms. The van der Waals surface area contributed by atoms with Crippen LogP contribution in [0, 0.1) is 18.3 Å². The van der Waals surface area contributed by atoms with Crippen LogP contribution in [0.2, 0.25) is 0 Å². The molecule has 1 aliphatic heterocycles. The van der Waals surface area contributed by atoms with E-state index in [2.05, 4.69) is 0 Å². The zero-order valence-electron chi connectivity index (χ0n) is 14.4. The number of benzene rings is 1. The van der Waals surface area contributed by atoms with Gasteiger partial charge in [0.1, 0.15) is 17.4 Å². The van der Waals surface area contributed by atoms with Gasteiger partial charge in [0.15, 0.2) is 0 Å². The number of rotatable bonds is 4. The van der Waals surface area contributed by atoms with E-state index in [4.69, 9.17) is 15.2 Å². The number of nitriles is 1. The van der Waals surface area contributed by atoms with Gasteiger partial charge in [-0.05, 0) is 38.0 Å². The summed E-state index contributed by atoms with van der Waals surface area (Å²) in [6, 6.07) is 6.13. The van der Waals surface area contributed by atoms with E-state index in [0.29, 0.717) is 5.56 Å². The number of hydrogen-bond acceptors (Lipinski definition) is 7. The van der Waals surface area contributed by atoms with Gasteiger partial charge in [-0.3, -0.25) is 4.55 Å². The molecule has 1 aromatic rings. The van der Waals surface area contributed by atoms with Gasteiger partial charge in [-0.2, -0.15) is 13.7 Å². The zero-order valence-corrected chi connectivity index (χ0v) is 15.3. The minimum atomic E-state index is -4.49. The number of nitrogens with zero attached hydrogens (tertiary/aromatic N) is 1. The number of aryl methyl sites for hydroxylation is 1. The van der Waals surface area contributed by atoms with Gasteiger partial charge in [-0.1, -0.05) is 12.1 Å². The molecule has 9 heteroatoms. The summed E-state index contributed by atoms with van der Waals surface area (Å²) >= 11 is 0. The summed E-state index contributed by atoms with van der Waals surface area (Å²) in [7, 11) is -4.49. The Morgan fingerprint density at radius 2 is 2.08 bits per heavy atom. The minimum Gasteiger partial charge on any atom is -0.463 e. The molecule has 2 rings (SSSR count). The van der Waals surface area contributed by atoms with Crippen LogP contribution >= 0.6 is 0 Å². The Morgan fingerprint density at radius 1 is 1.42 bits per heavy atom. The summed E-state index contributed by atoms with van der Waals surface area (Å²) in [5, 5.41) is 9.48. The molecule has 0 aliphatic carbocycles. The van der Waals surface area contributed by atoms with Crippen molar-refractivity contribution in [3.8, 4) is 6.07 Å². The van der Waals surface area contributed by atoms with Crippen LogP contribution in [0.5, 0.6) is 0 Å². The number of allylic oxidation sites excluding steroid dienone is 2. The Balaban J connectivity index is 2.74. The van der Waals surface area contributed by atoms with Crippen molar-refractivity contribution in [2.75, 3.05) is 6.61 Å². The Kier molecular flexibility index (Phi) is 5.39. The normalized spacial score (nSPS) is 17.6. The number of carbonyl (C=O) groups is 1. The van der Waals surface area contributed by atoms with E-state index in [9.17, 15) is 23.0 Å². The second-order valence-corrected chi connectivity index (χ2v) is 7.01. The molecule has 8 nitrogen and oxygen atoms in total. The van der Waals surface area contributed by atoms with Crippen LogP contribution in [0.25, 0.3) is 0 Å². The Bertz CT molecular complexity index is 969. The molecule has 1 aliphatic rings. The van der Waals surface area contributed by atoms with Crippen LogP contribution in [-0.2, 0) is 24.4 Å². The van der Waals surface area contributed by atoms with E-state index in [1.165, 1.54) is 26.0 Å². The molecule has 1 heterocycles. The van der Waals surface area contributed by atoms with Crippen LogP contribution in [0.3, 0.4) is 0 Å². The quantitative estimate of drug-likeness (QED) is 0.598. The van der Waals surface area contributed by atoms with Gasteiger partial charge in [-0.25, -0.2) is 4.79 Å². The van der Waals surface area contributed by atoms with E-state index in [1.54, 1.807) is 13.0 Å². The lowest BCUT2D eigenvalue weighted by atomic mass is 9.83. The van der Waals surface area contributed by atoms with Crippen molar-refractivity contribution in [3.05, 3.63) is 52.1 Å². The zero-order chi connectivity index (χ0) is 19.6. The minimum absolute atomic E-state index is 0.0442. The molecule has 26 heavy (non-hydrogen) atoms. The molecule has 1 atom stereocenters. The highest BCUT2D eigenvalue weighted by Crippen LogP contribution is 2.40. The third-order valence-electron chi connectivity index (χ3n) is 3.92. The van der Waals surface area contributed by atoms with E-state index in [-0.39, 0.29) is 39.9 Å². The lowest BCUT2D eigenvalue weighted by molar-refractivity contribution is -0.139. The summed E-state index contributed by atoms with van der Waals surface area (Å²) in [5.74, 6) is -1.71. The fourth-order valence-corrected chi connectivity index (χ4v) is 3.52. The standard InChI is InChI=1S/C17H18N2O6S/c1-4-24-17(20)14-10(3)25-16(19)12(8-18)15(14)11-6-5-9(2)13(7-11)26(21,22)23/h5-7,15H,4,19H2,1-3H3,(H,21,22,23). The van der Waals surface area contributed by atoms with Crippen LogP contribution in [0.4, 0.5) is 0 Å². The second kappa shape index (κ2) is 7.19. The highest BCUT2D eigenvalue weighted by atomic mass is 32.2. The highest BCUT2D eigenvalue weighted by Gasteiger charge is 2.36. The number of hydrogen-bond donors (Lipinski definition) is 2. The van der Waals surface area contributed by atoms with E-state index < -0.39 is 22.0 Å². The predicted molar refractivity (Wildman–Crippen MR) is 91.0 cm³/mol. The fourth-order valence-electron chi connectivity index (χ4n) is 2.76. The first-order chi connectivity index (χ1) is 12.1. The topological polar surface area (TPSA) is 140 Å². The summed E-state index contributed by atoms with van der Waals surface area (Å²) in [6.45, 7) is 4.75. The van der Waals surface area contributed by atoms with Gasteiger partial charge in [0.25, 0.3) is 10.1 Å². The highest BCUT2D eigenvalue weighted by molar-refractivity contribution is 7.85. The lowest BCUT2D eigenvalue weighted by Gasteiger charge is -2.27. The molecule has 0 fully saturated rings. The fraction of sp³-hybridized carbons (Fsp3) is 0.294. The lowest BCUT2D eigenvalue weighted by Crippen LogP contribution is -2.25. The van der Waals surface area contributed by atoms with Gasteiger partial charge < -0.3 is 15.2 Å².